The lowest BCUT2D eigenvalue weighted by molar-refractivity contribution is 0.0295. The van der Waals surface area contributed by atoms with Crippen molar-refractivity contribution in [1.82, 2.24) is 9.88 Å². The number of amides is 1. The van der Waals surface area contributed by atoms with E-state index in [4.69, 9.17) is 4.74 Å². The van der Waals surface area contributed by atoms with Crippen LogP contribution in [0.4, 0.5) is 0 Å². The molecule has 0 aromatic carbocycles. The first-order valence-corrected chi connectivity index (χ1v) is 6.10. The van der Waals surface area contributed by atoms with Crippen LogP contribution < -0.4 is 4.74 Å². The number of ether oxygens (including phenoxy) is 1. The lowest BCUT2D eigenvalue weighted by atomic mass is 9.96. The fourth-order valence-corrected chi connectivity index (χ4v) is 2.20. The molecule has 1 aliphatic heterocycles. The van der Waals surface area contributed by atoms with Gasteiger partial charge >= 0.3 is 0 Å². The lowest BCUT2D eigenvalue weighted by Crippen LogP contribution is -2.45. The zero-order valence-electron chi connectivity index (χ0n) is 10.7. The van der Waals surface area contributed by atoms with E-state index in [0.29, 0.717) is 31.0 Å². The molecule has 2 rings (SSSR count). The molecule has 0 aliphatic carbocycles. The number of likely N-dealkylation sites (tertiary alicyclic amines) is 1. The topological polar surface area (TPSA) is 62.7 Å². The molecule has 1 aromatic heterocycles. The Hall–Kier alpha value is -1.62. The number of methoxy groups -OCH3 is 1. The Morgan fingerprint density at radius 3 is 3.06 bits per heavy atom. The molecule has 2 atom stereocenters. The molecule has 5 nitrogen and oxygen atoms in total. The predicted molar refractivity (Wildman–Crippen MR) is 66.5 cm³/mol. The Morgan fingerprint density at radius 2 is 2.39 bits per heavy atom. The van der Waals surface area contributed by atoms with Gasteiger partial charge in [0.05, 0.1) is 13.2 Å². The van der Waals surface area contributed by atoms with E-state index in [9.17, 15) is 9.90 Å². The van der Waals surface area contributed by atoms with Crippen LogP contribution >= 0.6 is 0 Å². The summed E-state index contributed by atoms with van der Waals surface area (Å²) < 4.78 is 5.10. The van der Waals surface area contributed by atoms with E-state index < -0.39 is 0 Å². The maximum atomic E-state index is 12.4. The molecule has 5 heteroatoms. The normalized spacial score (nSPS) is 23.8. The molecule has 2 unspecified atom stereocenters. The lowest BCUT2D eigenvalue weighted by Gasteiger charge is -2.34. The number of pyridine rings is 1. The third-order valence-corrected chi connectivity index (χ3v) is 3.34. The van der Waals surface area contributed by atoms with E-state index in [0.717, 1.165) is 0 Å². The van der Waals surface area contributed by atoms with Crippen molar-refractivity contribution in [3.63, 3.8) is 0 Å². The third-order valence-electron chi connectivity index (χ3n) is 3.34. The van der Waals surface area contributed by atoms with Gasteiger partial charge in [0, 0.05) is 19.3 Å². The highest BCUT2D eigenvalue weighted by atomic mass is 16.5. The van der Waals surface area contributed by atoms with Crippen LogP contribution in [0.2, 0.25) is 0 Å². The van der Waals surface area contributed by atoms with Gasteiger partial charge in [-0.3, -0.25) is 4.79 Å². The van der Waals surface area contributed by atoms with Crippen molar-refractivity contribution in [3.05, 3.63) is 23.9 Å². The van der Waals surface area contributed by atoms with Crippen LogP contribution in [0.5, 0.6) is 5.88 Å². The summed E-state index contributed by atoms with van der Waals surface area (Å²) in [4.78, 5) is 18.1. The van der Waals surface area contributed by atoms with E-state index in [2.05, 4.69) is 4.98 Å². The maximum Gasteiger partial charge on any atom is 0.259 e. The fourth-order valence-electron chi connectivity index (χ4n) is 2.20. The third kappa shape index (κ3) is 2.46. The highest BCUT2D eigenvalue weighted by molar-refractivity contribution is 5.96. The van der Waals surface area contributed by atoms with Crippen LogP contribution in [-0.4, -0.2) is 47.2 Å². The Morgan fingerprint density at radius 1 is 1.61 bits per heavy atom. The van der Waals surface area contributed by atoms with E-state index in [1.54, 1.807) is 23.2 Å². The summed E-state index contributed by atoms with van der Waals surface area (Å²) in [6, 6.07) is 3.43. The summed E-state index contributed by atoms with van der Waals surface area (Å²) >= 11 is 0. The standard InChI is InChI=1S/C13H18N2O3/c1-9-8-15(7-5-11(9)16)13(17)10-4-3-6-14-12(10)18-2/h3-4,6,9,11,16H,5,7-8H2,1-2H3. The summed E-state index contributed by atoms with van der Waals surface area (Å²) in [7, 11) is 1.50. The minimum absolute atomic E-state index is 0.0845. The van der Waals surface area contributed by atoms with Gasteiger partial charge in [0.1, 0.15) is 5.56 Å². The first kappa shape index (κ1) is 12.8. The molecule has 1 N–H and O–H groups in total. The van der Waals surface area contributed by atoms with Gasteiger partial charge in [-0.05, 0) is 24.5 Å². The van der Waals surface area contributed by atoms with Gasteiger partial charge in [0.25, 0.3) is 5.91 Å². The van der Waals surface area contributed by atoms with Gasteiger partial charge in [-0.2, -0.15) is 0 Å². The van der Waals surface area contributed by atoms with E-state index in [1.807, 2.05) is 6.92 Å². The van der Waals surface area contributed by atoms with Gasteiger partial charge in [-0.1, -0.05) is 6.92 Å². The first-order chi connectivity index (χ1) is 8.63. The number of aromatic nitrogens is 1. The SMILES string of the molecule is COc1ncccc1C(=O)N1CCC(O)C(C)C1. The quantitative estimate of drug-likeness (QED) is 0.848. The molecule has 98 valence electrons. The second-order valence-electron chi connectivity index (χ2n) is 4.64. The maximum absolute atomic E-state index is 12.4. The number of hydrogen-bond acceptors (Lipinski definition) is 4. The monoisotopic (exact) mass is 250 g/mol. The summed E-state index contributed by atoms with van der Waals surface area (Å²) in [5.41, 5.74) is 0.476. The average Bonchev–Trinajstić information content (AvgIpc) is 2.41. The summed E-state index contributed by atoms with van der Waals surface area (Å²) in [5.74, 6) is 0.366. The molecular formula is C13H18N2O3. The van der Waals surface area contributed by atoms with Crippen molar-refractivity contribution < 1.29 is 14.6 Å². The minimum atomic E-state index is -0.315. The van der Waals surface area contributed by atoms with Crippen LogP contribution in [0.15, 0.2) is 18.3 Å². The Balaban J connectivity index is 2.16. The summed E-state index contributed by atoms with van der Waals surface area (Å²) in [6.07, 6.45) is 1.90. The van der Waals surface area contributed by atoms with Gasteiger partial charge in [-0.25, -0.2) is 4.98 Å². The Bertz CT molecular complexity index is 436. The van der Waals surface area contributed by atoms with Crippen LogP contribution in [0, 0.1) is 5.92 Å². The molecular weight excluding hydrogens is 232 g/mol. The second kappa shape index (κ2) is 5.35. The van der Waals surface area contributed by atoms with E-state index in [1.165, 1.54) is 7.11 Å². The molecule has 1 fully saturated rings. The Labute approximate surface area is 106 Å². The molecule has 1 saturated heterocycles. The largest absolute Gasteiger partial charge is 0.480 e. The van der Waals surface area contributed by atoms with Crippen LogP contribution in [0.25, 0.3) is 0 Å². The van der Waals surface area contributed by atoms with Gasteiger partial charge < -0.3 is 14.7 Å². The molecule has 1 aliphatic rings. The summed E-state index contributed by atoms with van der Waals surface area (Å²) in [6.45, 7) is 3.09. The molecule has 0 bridgehead atoms. The van der Waals surface area contributed by atoms with Crippen LogP contribution in [0.1, 0.15) is 23.7 Å². The molecule has 2 heterocycles. The molecule has 1 amide bonds. The first-order valence-electron chi connectivity index (χ1n) is 6.10. The van der Waals surface area contributed by atoms with Gasteiger partial charge in [0.2, 0.25) is 5.88 Å². The van der Waals surface area contributed by atoms with Crippen molar-refractivity contribution >= 4 is 5.91 Å². The molecule has 1 aromatic rings. The van der Waals surface area contributed by atoms with Crippen LogP contribution in [-0.2, 0) is 0 Å². The smallest absolute Gasteiger partial charge is 0.259 e. The number of aliphatic hydroxyl groups excluding tert-OH is 1. The summed E-state index contributed by atoms with van der Waals surface area (Å²) in [5, 5.41) is 9.67. The van der Waals surface area contributed by atoms with Crippen LogP contribution in [0.3, 0.4) is 0 Å². The molecule has 0 radical (unpaired) electrons. The predicted octanol–water partition coefficient (Wildman–Crippen LogP) is 0.933. The highest BCUT2D eigenvalue weighted by Gasteiger charge is 2.29. The Kier molecular flexibility index (Phi) is 3.81. The number of rotatable bonds is 2. The van der Waals surface area contributed by atoms with Gasteiger partial charge in [0.15, 0.2) is 0 Å². The number of carbonyl (C=O) groups is 1. The minimum Gasteiger partial charge on any atom is -0.480 e. The van der Waals surface area contributed by atoms with Crippen molar-refractivity contribution in [1.29, 1.82) is 0 Å². The van der Waals surface area contributed by atoms with Crippen molar-refractivity contribution in [3.8, 4) is 5.88 Å². The van der Waals surface area contributed by atoms with Gasteiger partial charge in [-0.15, -0.1) is 0 Å². The molecule has 18 heavy (non-hydrogen) atoms. The number of carbonyl (C=O) groups excluding carboxylic acids is 1. The zero-order chi connectivity index (χ0) is 13.1. The number of piperidine rings is 1. The number of aliphatic hydroxyl groups is 1. The molecule has 0 saturated carbocycles. The van der Waals surface area contributed by atoms with Crippen molar-refractivity contribution in [2.45, 2.75) is 19.4 Å². The average molecular weight is 250 g/mol. The van der Waals surface area contributed by atoms with Crippen molar-refractivity contribution in [2.75, 3.05) is 20.2 Å². The van der Waals surface area contributed by atoms with E-state index in [-0.39, 0.29) is 17.9 Å². The van der Waals surface area contributed by atoms with E-state index >= 15 is 0 Å². The molecule has 0 spiro atoms. The number of hydrogen-bond donors (Lipinski definition) is 1. The van der Waals surface area contributed by atoms with Crippen molar-refractivity contribution in [2.24, 2.45) is 5.92 Å². The number of nitrogens with zero attached hydrogens (tertiary/aromatic N) is 2. The second-order valence-corrected chi connectivity index (χ2v) is 4.64. The zero-order valence-corrected chi connectivity index (χ0v) is 10.7. The highest BCUT2D eigenvalue weighted by Crippen LogP contribution is 2.21. The fraction of sp³-hybridized carbons (Fsp3) is 0.538.